The largest absolute Gasteiger partial charge is 0.379 e. The summed E-state index contributed by atoms with van der Waals surface area (Å²) in [6, 6.07) is 6.26. The van der Waals surface area contributed by atoms with Crippen molar-refractivity contribution < 1.29 is 18.7 Å². The summed E-state index contributed by atoms with van der Waals surface area (Å²) in [4.78, 5) is 30.5. The molecule has 0 bridgehead atoms. The van der Waals surface area contributed by atoms with Gasteiger partial charge in [0.1, 0.15) is 5.82 Å². The molecule has 0 spiro atoms. The Morgan fingerprint density at radius 3 is 2.08 bits per heavy atom. The van der Waals surface area contributed by atoms with Crippen LogP contribution in [0.4, 0.5) is 4.39 Å². The molecule has 2 aliphatic heterocycles. The van der Waals surface area contributed by atoms with E-state index in [1.165, 1.54) is 12.1 Å². The third-order valence-electron chi connectivity index (χ3n) is 4.99. The number of carbonyl (C=O) groups excluding carboxylic acids is 2. The van der Waals surface area contributed by atoms with Crippen molar-refractivity contribution in [1.82, 2.24) is 14.7 Å². The van der Waals surface area contributed by atoms with Crippen LogP contribution in [0.2, 0.25) is 0 Å². The minimum absolute atomic E-state index is 0.0922. The Morgan fingerprint density at radius 1 is 0.885 bits per heavy atom. The van der Waals surface area contributed by atoms with E-state index >= 15 is 0 Å². The lowest BCUT2D eigenvalue weighted by molar-refractivity contribution is -0.140. The van der Waals surface area contributed by atoms with E-state index in [4.69, 9.17) is 4.74 Å². The average Bonchev–Trinajstić information content (AvgIpc) is 2.68. The summed E-state index contributed by atoms with van der Waals surface area (Å²) in [7, 11) is 0. The van der Waals surface area contributed by atoms with E-state index < -0.39 is 0 Å². The molecule has 2 saturated heterocycles. The predicted molar refractivity (Wildman–Crippen MR) is 95.1 cm³/mol. The van der Waals surface area contributed by atoms with E-state index in [0.717, 1.165) is 18.7 Å². The SMILES string of the molecule is O=C(CCc1ccc(F)cc1)N1CCN(C(=O)CN2CCOCC2)CC1. The van der Waals surface area contributed by atoms with Gasteiger partial charge in [-0.25, -0.2) is 4.39 Å². The number of nitrogens with zero attached hydrogens (tertiary/aromatic N) is 3. The zero-order valence-electron chi connectivity index (χ0n) is 15.0. The number of amides is 2. The molecule has 6 nitrogen and oxygen atoms in total. The van der Waals surface area contributed by atoms with Crippen molar-refractivity contribution in [3.05, 3.63) is 35.6 Å². The number of morpholine rings is 1. The van der Waals surface area contributed by atoms with Gasteiger partial charge in [0.15, 0.2) is 0 Å². The van der Waals surface area contributed by atoms with Crippen molar-refractivity contribution in [3.63, 3.8) is 0 Å². The first-order valence-corrected chi connectivity index (χ1v) is 9.22. The second-order valence-corrected chi connectivity index (χ2v) is 6.78. The fourth-order valence-corrected chi connectivity index (χ4v) is 3.32. The smallest absolute Gasteiger partial charge is 0.236 e. The first kappa shape index (κ1) is 18.8. The van der Waals surface area contributed by atoms with Crippen molar-refractivity contribution in [2.75, 3.05) is 59.0 Å². The van der Waals surface area contributed by atoms with Crippen molar-refractivity contribution in [3.8, 4) is 0 Å². The van der Waals surface area contributed by atoms with Crippen LogP contribution in [0.15, 0.2) is 24.3 Å². The van der Waals surface area contributed by atoms with Crippen molar-refractivity contribution >= 4 is 11.8 Å². The van der Waals surface area contributed by atoms with E-state index in [9.17, 15) is 14.0 Å². The second-order valence-electron chi connectivity index (χ2n) is 6.78. The van der Waals surface area contributed by atoms with Gasteiger partial charge in [-0.05, 0) is 24.1 Å². The maximum absolute atomic E-state index is 12.9. The van der Waals surface area contributed by atoms with Gasteiger partial charge in [0.05, 0.1) is 19.8 Å². The number of aryl methyl sites for hydroxylation is 1. The highest BCUT2D eigenvalue weighted by Crippen LogP contribution is 2.10. The van der Waals surface area contributed by atoms with Gasteiger partial charge in [-0.2, -0.15) is 0 Å². The monoisotopic (exact) mass is 363 g/mol. The molecule has 0 unspecified atom stereocenters. The molecule has 142 valence electrons. The normalized spacial score (nSPS) is 18.8. The minimum Gasteiger partial charge on any atom is -0.379 e. The van der Waals surface area contributed by atoms with Crippen LogP contribution in [-0.2, 0) is 20.7 Å². The van der Waals surface area contributed by atoms with Gasteiger partial charge in [0, 0.05) is 45.7 Å². The van der Waals surface area contributed by atoms with Gasteiger partial charge in [-0.1, -0.05) is 12.1 Å². The number of hydrogen-bond donors (Lipinski definition) is 0. The lowest BCUT2D eigenvalue weighted by atomic mass is 10.1. The fourth-order valence-electron chi connectivity index (χ4n) is 3.32. The van der Waals surface area contributed by atoms with Gasteiger partial charge in [0.25, 0.3) is 0 Å². The molecule has 0 radical (unpaired) electrons. The Morgan fingerprint density at radius 2 is 1.46 bits per heavy atom. The molecule has 0 saturated carbocycles. The van der Waals surface area contributed by atoms with Gasteiger partial charge >= 0.3 is 0 Å². The number of halogens is 1. The van der Waals surface area contributed by atoms with Gasteiger partial charge < -0.3 is 14.5 Å². The summed E-state index contributed by atoms with van der Waals surface area (Å²) < 4.78 is 18.2. The molecule has 7 heteroatoms. The van der Waals surface area contributed by atoms with Crippen molar-refractivity contribution in [2.45, 2.75) is 12.8 Å². The lowest BCUT2D eigenvalue weighted by Crippen LogP contribution is -2.53. The minimum atomic E-state index is -0.266. The van der Waals surface area contributed by atoms with E-state index in [2.05, 4.69) is 4.90 Å². The average molecular weight is 363 g/mol. The fraction of sp³-hybridized carbons (Fsp3) is 0.579. The molecule has 2 aliphatic rings. The van der Waals surface area contributed by atoms with Crippen LogP contribution in [0.3, 0.4) is 0 Å². The molecular formula is C19H26FN3O3. The van der Waals surface area contributed by atoms with Crippen LogP contribution in [-0.4, -0.2) is 85.5 Å². The molecule has 0 aliphatic carbocycles. The molecule has 0 atom stereocenters. The third-order valence-corrected chi connectivity index (χ3v) is 4.99. The number of piperazine rings is 1. The third kappa shape index (κ3) is 5.25. The Kier molecular flexibility index (Phi) is 6.57. The van der Waals surface area contributed by atoms with Gasteiger partial charge in [-0.15, -0.1) is 0 Å². The zero-order valence-corrected chi connectivity index (χ0v) is 15.0. The van der Waals surface area contributed by atoms with E-state index in [1.807, 2.05) is 9.80 Å². The van der Waals surface area contributed by atoms with Gasteiger partial charge in [-0.3, -0.25) is 14.5 Å². The predicted octanol–water partition coefficient (Wildman–Crippen LogP) is 0.761. The Hall–Kier alpha value is -1.99. The summed E-state index contributed by atoms with van der Waals surface area (Å²) in [6.07, 6.45) is 1.02. The molecule has 3 rings (SSSR count). The van der Waals surface area contributed by atoms with E-state index in [0.29, 0.717) is 58.8 Å². The first-order chi connectivity index (χ1) is 12.6. The molecule has 2 heterocycles. The maximum Gasteiger partial charge on any atom is 0.236 e. The summed E-state index contributed by atoms with van der Waals surface area (Å²) in [5, 5.41) is 0. The molecule has 1 aromatic rings. The van der Waals surface area contributed by atoms with E-state index in [1.54, 1.807) is 12.1 Å². The molecule has 2 amide bonds. The summed E-state index contributed by atoms with van der Waals surface area (Å²) in [5.41, 5.74) is 0.957. The highest BCUT2D eigenvalue weighted by molar-refractivity contribution is 5.79. The number of hydrogen-bond acceptors (Lipinski definition) is 4. The summed E-state index contributed by atoms with van der Waals surface area (Å²) in [5.74, 6) is -0.0436. The van der Waals surface area contributed by atoms with Crippen LogP contribution in [0, 0.1) is 5.82 Å². The molecular weight excluding hydrogens is 337 g/mol. The highest BCUT2D eigenvalue weighted by Gasteiger charge is 2.25. The lowest BCUT2D eigenvalue weighted by Gasteiger charge is -2.36. The standard InChI is InChI=1S/C19H26FN3O3/c20-17-4-1-16(2-5-17)3-6-18(24)22-7-9-23(10-8-22)19(25)15-21-11-13-26-14-12-21/h1-2,4-5H,3,6-15H2. The Balaban J connectivity index is 1.39. The summed E-state index contributed by atoms with van der Waals surface area (Å²) in [6.45, 7) is 5.74. The van der Waals surface area contributed by atoms with Crippen LogP contribution in [0.25, 0.3) is 0 Å². The highest BCUT2D eigenvalue weighted by atomic mass is 19.1. The zero-order chi connectivity index (χ0) is 18.4. The van der Waals surface area contributed by atoms with Crippen molar-refractivity contribution in [2.24, 2.45) is 0 Å². The van der Waals surface area contributed by atoms with Crippen LogP contribution in [0.1, 0.15) is 12.0 Å². The molecule has 1 aromatic carbocycles. The Bertz CT molecular complexity index is 609. The van der Waals surface area contributed by atoms with Gasteiger partial charge in [0.2, 0.25) is 11.8 Å². The number of carbonyl (C=O) groups is 2. The van der Waals surface area contributed by atoms with Crippen LogP contribution in [0.5, 0.6) is 0 Å². The molecule has 26 heavy (non-hydrogen) atoms. The number of ether oxygens (including phenoxy) is 1. The molecule has 2 fully saturated rings. The van der Waals surface area contributed by atoms with Crippen LogP contribution >= 0.6 is 0 Å². The molecule has 0 N–H and O–H groups in total. The quantitative estimate of drug-likeness (QED) is 0.775. The molecule has 0 aromatic heterocycles. The topological polar surface area (TPSA) is 53.1 Å². The number of benzene rings is 1. The summed E-state index contributed by atoms with van der Waals surface area (Å²) >= 11 is 0. The van der Waals surface area contributed by atoms with Crippen molar-refractivity contribution in [1.29, 1.82) is 0 Å². The first-order valence-electron chi connectivity index (χ1n) is 9.22. The van der Waals surface area contributed by atoms with Crippen LogP contribution < -0.4 is 0 Å². The maximum atomic E-state index is 12.9. The Labute approximate surface area is 153 Å². The van der Waals surface area contributed by atoms with E-state index in [-0.39, 0.29) is 17.6 Å². The number of rotatable bonds is 5. The second kappa shape index (κ2) is 9.09.